The first-order chi connectivity index (χ1) is 10.7. The molecule has 0 bridgehead atoms. The molecule has 0 aliphatic carbocycles. The molecule has 2 aromatic heterocycles. The smallest absolute Gasteiger partial charge is 0.150 e. The number of nitrogens with zero attached hydrogens (tertiary/aromatic N) is 3. The summed E-state index contributed by atoms with van der Waals surface area (Å²) in [5.74, 6) is 2.59. The molecular formula is C16H22N4O2. The number of morpholine rings is 1. The number of ether oxygens (including phenoxy) is 1. The molecule has 0 saturated carbocycles. The van der Waals surface area contributed by atoms with Crippen molar-refractivity contribution in [2.45, 2.75) is 32.5 Å². The first-order valence-corrected chi connectivity index (χ1v) is 7.66. The van der Waals surface area contributed by atoms with E-state index in [0.717, 1.165) is 37.1 Å². The molecule has 22 heavy (non-hydrogen) atoms. The van der Waals surface area contributed by atoms with E-state index in [1.165, 1.54) is 0 Å². The van der Waals surface area contributed by atoms with Crippen molar-refractivity contribution in [1.82, 2.24) is 14.9 Å². The molecule has 1 N–H and O–H groups in total. The zero-order chi connectivity index (χ0) is 15.4. The van der Waals surface area contributed by atoms with Crippen molar-refractivity contribution < 1.29 is 9.15 Å². The molecule has 1 saturated heterocycles. The first-order valence-electron chi connectivity index (χ1n) is 7.66. The van der Waals surface area contributed by atoms with Gasteiger partial charge in [0.05, 0.1) is 32.1 Å². The van der Waals surface area contributed by atoms with Gasteiger partial charge in [0.25, 0.3) is 0 Å². The third kappa shape index (κ3) is 3.64. The Labute approximate surface area is 130 Å². The van der Waals surface area contributed by atoms with Gasteiger partial charge in [-0.15, -0.1) is 0 Å². The maximum Gasteiger partial charge on any atom is 0.150 e. The maximum atomic E-state index is 5.63. The number of furan rings is 1. The molecule has 1 fully saturated rings. The number of anilines is 1. The van der Waals surface area contributed by atoms with E-state index in [2.05, 4.69) is 34.0 Å². The molecule has 1 atom stereocenters. The summed E-state index contributed by atoms with van der Waals surface area (Å²) in [7, 11) is 0. The van der Waals surface area contributed by atoms with Crippen molar-refractivity contribution in [3.8, 4) is 0 Å². The maximum absolute atomic E-state index is 5.63. The fourth-order valence-corrected chi connectivity index (χ4v) is 2.58. The van der Waals surface area contributed by atoms with Gasteiger partial charge in [0.2, 0.25) is 0 Å². The summed E-state index contributed by atoms with van der Waals surface area (Å²) in [4.78, 5) is 11.4. The van der Waals surface area contributed by atoms with Crippen LogP contribution in [0.2, 0.25) is 0 Å². The summed E-state index contributed by atoms with van der Waals surface area (Å²) >= 11 is 0. The van der Waals surface area contributed by atoms with Crippen molar-refractivity contribution in [3.05, 3.63) is 42.2 Å². The average molecular weight is 302 g/mol. The molecule has 3 heterocycles. The fraction of sp³-hybridized carbons (Fsp3) is 0.500. The van der Waals surface area contributed by atoms with Gasteiger partial charge in [-0.25, -0.2) is 9.97 Å². The minimum atomic E-state index is 0.0489. The molecule has 0 amide bonds. The highest BCUT2D eigenvalue weighted by Crippen LogP contribution is 2.24. The quantitative estimate of drug-likeness (QED) is 0.915. The van der Waals surface area contributed by atoms with Gasteiger partial charge in [-0.05, 0) is 32.0 Å². The van der Waals surface area contributed by atoms with Crippen LogP contribution in [-0.2, 0) is 11.3 Å². The van der Waals surface area contributed by atoms with E-state index in [1.807, 2.05) is 18.2 Å². The molecule has 0 spiro atoms. The van der Waals surface area contributed by atoms with Gasteiger partial charge in [0, 0.05) is 18.8 Å². The van der Waals surface area contributed by atoms with E-state index in [4.69, 9.17) is 9.15 Å². The van der Waals surface area contributed by atoms with Crippen LogP contribution in [0.4, 0.5) is 5.82 Å². The third-order valence-corrected chi connectivity index (χ3v) is 3.59. The molecule has 3 rings (SSSR count). The van der Waals surface area contributed by atoms with Gasteiger partial charge in [-0.1, -0.05) is 0 Å². The predicted molar refractivity (Wildman–Crippen MR) is 83.5 cm³/mol. The van der Waals surface area contributed by atoms with E-state index in [0.29, 0.717) is 12.6 Å². The Bertz CT molecular complexity index is 586. The predicted octanol–water partition coefficient (Wildman–Crippen LogP) is 2.46. The van der Waals surface area contributed by atoms with E-state index >= 15 is 0 Å². The van der Waals surface area contributed by atoms with Crippen LogP contribution in [0.15, 0.2) is 35.1 Å². The lowest BCUT2D eigenvalue weighted by Gasteiger charge is -2.33. The number of rotatable bonds is 5. The van der Waals surface area contributed by atoms with Gasteiger partial charge in [-0.3, -0.25) is 4.90 Å². The molecule has 6 heteroatoms. The monoisotopic (exact) mass is 302 g/mol. The van der Waals surface area contributed by atoms with Gasteiger partial charge in [-0.2, -0.15) is 0 Å². The lowest BCUT2D eigenvalue weighted by molar-refractivity contribution is -0.0185. The number of aromatic nitrogens is 2. The van der Waals surface area contributed by atoms with Gasteiger partial charge in [0.15, 0.2) is 0 Å². The van der Waals surface area contributed by atoms with Crippen molar-refractivity contribution in [2.24, 2.45) is 0 Å². The zero-order valence-corrected chi connectivity index (χ0v) is 13.0. The van der Waals surface area contributed by atoms with Crippen LogP contribution >= 0.6 is 0 Å². The molecule has 0 aromatic carbocycles. The summed E-state index contributed by atoms with van der Waals surface area (Å²) in [6.07, 6.45) is 3.50. The lowest BCUT2D eigenvalue weighted by Crippen LogP contribution is -2.39. The zero-order valence-electron chi connectivity index (χ0n) is 13.0. The molecule has 6 nitrogen and oxygen atoms in total. The Hall–Kier alpha value is -1.92. The normalized spacial score (nSPS) is 19.5. The van der Waals surface area contributed by atoms with Crippen LogP contribution in [0, 0.1) is 0 Å². The number of nitrogens with one attached hydrogen (secondary N) is 1. The Morgan fingerprint density at radius 1 is 1.41 bits per heavy atom. The minimum Gasteiger partial charge on any atom is -0.468 e. The Balaban J connectivity index is 1.78. The van der Waals surface area contributed by atoms with E-state index in [-0.39, 0.29) is 6.04 Å². The fourth-order valence-electron chi connectivity index (χ4n) is 2.58. The summed E-state index contributed by atoms with van der Waals surface area (Å²) in [6.45, 7) is 7.10. The Morgan fingerprint density at radius 2 is 2.32 bits per heavy atom. The average Bonchev–Trinajstić information content (AvgIpc) is 3.00. The topological polar surface area (TPSA) is 63.4 Å². The summed E-state index contributed by atoms with van der Waals surface area (Å²) in [5.41, 5.74) is 0. The molecule has 0 radical (unpaired) electrons. The van der Waals surface area contributed by atoms with Gasteiger partial charge >= 0.3 is 0 Å². The summed E-state index contributed by atoms with van der Waals surface area (Å²) in [6, 6.07) is 6.18. The van der Waals surface area contributed by atoms with Crippen molar-refractivity contribution in [1.29, 1.82) is 0 Å². The standard InChI is InChI=1S/C16H22N4O2/c1-12(2)18-15-5-6-17-16(19-15)14-11-21-9-7-20(14)10-13-4-3-8-22-13/h3-6,8,12,14H,7,9-11H2,1-2H3,(H,17,18,19)/t14-/m0/s1. The minimum absolute atomic E-state index is 0.0489. The van der Waals surface area contributed by atoms with Gasteiger partial charge < -0.3 is 14.5 Å². The highest BCUT2D eigenvalue weighted by molar-refractivity contribution is 5.34. The van der Waals surface area contributed by atoms with Crippen LogP contribution in [-0.4, -0.2) is 40.7 Å². The highest BCUT2D eigenvalue weighted by Gasteiger charge is 2.27. The van der Waals surface area contributed by atoms with Crippen LogP contribution in [0.25, 0.3) is 0 Å². The van der Waals surface area contributed by atoms with Gasteiger partial charge in [0.1, 0.15) is 17.4 Å². The molecule has 1 aliphatic heterocycles. The van der Waals surface area contributed by atoms with Crippen LogP contribution in [0.1, 0.15) is 31.5 Å². The Kier molecular flexibility index (Phi) is 4.70. The number of hydrogen-bond donors (Lipinski definition) is 1. The lowest BCUT2D eigenvalue weighted by atomic mass is 10.2. The molecule has 0 unspecified atom stereocenters. The number of hydrogen-bond acceptors (Lipinski definition) is 6. The molecule has 118 valence electrons. The van der Waals surface area contributed by atoms with E-state index in [9.17, 15) is 0 Å². The van der Waals surface area contributed by atoms with Crippen LogP contribution in [0.3, 0.4) is 0 Å². The van der Waals surface area contributed by atoms with Crippen LogP contribution in [0.5, 0.6) is 0 Å². The molecule has 2 aromatic rings. The third-order valence-electron chi connectivity index (χ3n) is 3.59. The first kappa shape index (κ1) is 15.0. The summed E-state index contributed by atoms with van der Waals surface area (Å²) < 4.78 is 11.1. The molecular weight excluding hydrogens is 280 g/mol. The van der Waals surface area contributed by atoms with E-state index < -0.39 is 0 Å². The summed E-state index contributed by atoms with van der Waals surface area (Å²) in [5, 5.41) is 3.32. The molecule has 1 aliphatic rings. The highest BCUT2D eigenvalue weighted by atomic mass is 16.5. The second-order valence-electron chi connectivity index (χ2n) is 5.74. The van der Waals surface area contributed by atoms with E-state index in [1.54, 1.807) is 12.5 Å². The largest absolute Gasteiger partial charge is 0.468 e. The second-order valence-corrected chi connectivity index (χ2v) is 5.74. The Morgan fingerprint density at radius 3 is 3.09 bits per heavy atom. The second kappa shape index (κ2) is 6.89. The van der Waals surface area contributed by atoms with Crippen LogP contribution < -0.4 is 5.32 Å². The SMILES string of the molecule is CC(C)Nc1ccnc([C@@H]2COCCN2Cc2ccco2)n1. The van der Waals surface area contributed by atoms with Crippen molar-refractivity contribution >= 4 is 5.82 Å². The van der Waals surface area contributed by atoms with Crippen molar-refractivity contribution in [2.75, 3.05) is 25.1 Å². The van der Waals surface area contributed by atoms with Crippen molar-refractivity contribution in [3.63, 3.8) is 0 Å².